The predicted octanol–water partition coefficient (Wildman–Crippen LogP) is 2.91. The molecule has 130 valence electrons. The Bertz CT molecular complexity index is 950. The molecule has 0 bridgehead atoms. The molecule has 3 aromatic rings. The van der Waals surface area contributed by atoms with Crippen molar-refractivity contribution in [1.82, 2.24) is 19.9 Å². The number of carbonyl (C=O) groups excluding carboxylic acids is 1. The Hall–Kier alpha value is -2.25. The Morgan fingerprint density at radius 3 is 2.76 bits per heavy atom. The van der Waals surface area contributed by atoms with E-state index in [1.54, 1.807) is 20.0 Å². The van der Waals surface area contributed by atoms with Crippen molar-refractivity contribution in [2.24, 2.45) is 0 Å². The van der Waals surface area contributed by atoms with Crippen molar-refractivity contribution >= 4 is 32.9 Å². The molecule has 25 heavy (non-hydrogen) atoms. The molecular formula is C18H19BrN4O2. The zero-order chi connectivity index (χ0) is 18.1. The van der Waals surface area contributed by atoms with Gasteiger partial charge in [-0.1, -0.05) is 6.07 Å². The number of aromatic nitrogens is 3. The van der Waals surface area contributed by atoms with Crippen LogP contribution in [0.1, 0.15) is 22.8 Å². The second-order valence-corrected chi connectivity index (χ2v) is 6.79. The molecule has 1 atom stereocenters. The minimum Gasteiger partial charge on any atom is -0.392 e. The van der Waals surface area contributed by atoms with E-state index in [4.69, 9.17) is 0 Å². The van der Waals surface area contributed by atoms with E-state index in [1.165, 1.54) is 0 Å². The fourth-order valence-electron chi connectivity index (χ4n) is 2.83. The summed E-state index contributed by atoms with van der Waals surface area (Å²) in [7, 11) is 1.61. The van der Waals surface area contributed by atoms with Gasteiger partial charge in [0.05, 0.1) is 23.7 Å². The van der Waals surface area contributed by atoms with Crippen LogP contribution in [-0.4, -0.2) is 38.7 Å². The van der Waals surface area contributed by atoms with Gasteiger partial charge in [-0.3, -0.25) is 4.79 Å². The van der Waals surface area contributed by atoms with Crippen molar-refractivity contribution in [1.29, 1.82) is 0 Å². The van der Waals surface area contributed by atoms with Gasteiger partial charge in [0.2, 0.25) is 0 Å². The number of aryl methyl sites for hydroxylation is 1. The van der Waals surface area contributed by atoms with Gasteiger partial charge in [0.1, 0.15) is 10.3 Å². The first kappa shape index (κ1) is 17.6. The highest BCUT2D eigenvalue weighted by atomic mass is 79.9. The third-order valence-corrected chi connectivity index (χ3v) is 4.40. The standard InChI is InChI=1S/C18H19BrN4O2/c1-10-7-15-14(8-12(10)18(25)20-3)22-17(23(15)9-11(2)24)13-5-4-6-16(19)21-13/h4-8,11,24H,9H2,1-3H3,(H,20,25)/t11-/m0/s1. The number of benzene rings is 1. The highest BCUT2D eigenvalue weighted by molar-refractivity contribution is 9.10. The molecule has 0 saturated heterocycles. The summed E-state index contributed by atoms with van der Waals surface area (Å²) in [5, 5.41) is 12.6. The molecule has 2 heterocycles. The number of nitrogens with zero attached hydrogens (tertiary/aromatic N) is 3. The van der Waals surface area contributed by atoms with Crippen LogP contribution < -0.4 is 5.32 Å². The maximum atomic E-state index is 12.1. The quantitative estimate of drug-likeness (QED) is 0.657. The molecule has 0 spiro atoms. The van der Waals surface area contributed by atoms with Crippen LogP contribution in [0.4, 0.5) is 0 Å². The van der Waals surface area contributed by atoms with Crippen LogP contribution in [0.3, 0.4) is 0 Å². The van der Waals surface area contributed by atoms with Crippen molar-refractivity contribution < 1.29 is 9.90 Å². The van der Waals surface area contributed by atoms with Crippen molar-refractivity contribution in [3.05, 3.63) is 46.1 Å². The summed E-state index contributed by atoms with van der Waals surface area (Å²) >= 11 is 3.38. The zero-order valence-electron chi connectivity index (χ0n) is 14.2. The number of fused-ring (bicyclic) bond motifs is 1. The van der Waals surface area contributed by atoms with E-state index in [0.29, 0.717) is 33.7 Å². The van der Waals surface area contributed by atoms with Crippen LogP contribution in [0.5, 0.6) is 0 Å². The third-order valence-electron chi connectivity index (χ3n) is 3.96. The van der Waals surface area contributed by atoms with Gasteiger partial charge in [-0.05, 0) is 59.6 Å². The first-order chi connectivity index (χ1) is 11.9. The molecule has 0 aliphatic heterocycles. The van der Waals surface area contributed by atoms with E-state index in [-0.39, 0.29) is 5.91 Å². The molecule has 0 aliphatic rings. The van der Waals surface area contributed by atoms with Crippen molar-refractivity contribution in [3.63, 3.8) is 0 Å². The van der Waals surface area contributed by atoms with E-state index in [0.717, 1.165) is 11.1 Å². The average molecular weight is 403 g/mol. The van der Waals surface area contributed by atoms with Crippen LogP contribution in [-0.2, 0) is 6.54 Å². The summed E-state index contributed by atoms with van der Waals surface area (Å²) in [6.07, 6.45) is -0.540. The van der Waals surface area contributed by atoms with E-state index < -0.39 is 6.10 Å². The summed E-state index contributed by atoms with van der Waals surface area (Å²) in [5.74, 6) is 0.511. The maximum Gasteiger partial charge on any atom is 0.251 e. The van der Waals surface area contributed by atoms with Crippen LogP contribution in [0.2, 0.25) is 0 Å². The Morgan fingerprint density at radius 1 is 1.36 bits per heavy atom. The van der Waals surface area contributed by atoms with Gasteiger partial charge in [0, 0.05) is 12.6 Å². The minimum atomic E-state index is -0.540. The Labute approximate surface area is 154 Å². The lowest BCUT2D eigenvalue weighted by Crippen LogP contribution is -2.19. The molecule has 0 aliphatic carbocycles. The van der Waals surface area contributed by atoms with Gasteiger partial charge >= 0.3 is 0 Å². The second kappa shape index (κ2) is 6.93. The van der Waals surface area contributed by atoms with E-state index in [2.05, 4.69) is 31.2 Å². The van der Waals surface area contributed by atoms with Gasteiger partial charge in [0.25, 0.3) is 5.91 Å². The number of imidazole rings is 1. The first-order valence-electron chi connectivity index (χ1n) is 7.94. The van der Waals surface area contributed by atoms with Gasteiger partial charge in [-0.2, -0.15) is 0 Å². The van der Waals surface area contributed by atoms with E-state index >= 15 is 0 Å². The normalized spacial score (nSPS) is 12.4. The fourth-order valence-corrected chi connectivity index (χ4v) is 3.18. The van der Waals surface area contributed by atoms with E-state index in [1.807, 2.05) is 35.8 Å². The second-order valence-electron chi connectivity index (χ2n) is 5.98. The number of aliphatic hydroxyl groups is 1. The van der Waals surface area contributed by atoms with Crippen LogP contribution in [0.15, 0.2) is 34.9 Å². The molecule has 0 unspecified atom stereocenters. The van der Waals surface area contributed by atoms with E-state index in [9.17, 15) is 9.90 Å². The Balaban J connectivity index is 2.27. The number of aliphatic hydroxyl groups excluding tert-OH is 1. The monoisotopic (exact) mass is 402 g/mol. The molecule has 0 saturated carbocycles. The summed E-state index contributed by atoms with van der Waals surface area (Å²) < 4.78 is 2.65. The van der Waals surface area contributed by atoms with Crippen LogP contribution in [0, 0.1) is 6.92 Å². The first-order valence-corrected chi connectivity index (χ1v) is 8.74. The average Bonchev–Trinajstić information content (AvgIpc) is 2.90. The summed E-state index contributed by atoms with van der Waals surface area (Å²) in [6.45, 7) is 4.01. The molecule has 0 radical (unpaired) electrons. The number of amides is 1. The Kier molecular flexibility index (Phi) is 4.87. The molecular weight excluding hydrogens is 384 g/mol. The number of nitrogens with one attached hydrogen (secondary N) is 1. The predicted molar refractivity (Wildman–Crippen MR) is 100 cm³/mol. The van der Waals surface area contributed by atoms with Crippen LogP contribution >= 0.6 is 15.9 Å². The minimum absolute atomic E-state index is 0.147. The zero-order valence-corrected chi connectivity index (χ0v) is 15.8. The highest BCUT2D eigenvalue weighted by Crippen LogP contribution is 2.27. The molecule has 3 rings (SSSR count). The smallest absolute Gasteiger partial charge is 0.251 e. The number of hydrogen-bond acceptors (Lipinski definition) is 4. The molecule has 2 N–H and O–H groups in total. The summed E-state index contributed by atoms with van der Waals surface area (Å²) in [6, 6.07) is 9.32. The third kappa shape index (κ3) is 3.43. The SMILES string of the molecule is CNC(=O)c1cc2nc(-c3cccc(Br)n3)n(C[C@H](C)O)c2cc1C. The fraction of sp³-hybridized carbons (Fsp3) is 0.278. The van der Waals surface area contributed by atoms with Gasteiger partial charge < -0.3 is 15.0 Å². The summed E-state index contributed by atoms with van der Waals surface area (Å²) in [5.41, 5.74) is 3.70. The van der Waals surface area contributed by atoms with Gasteiger partial charge in [0.15, 0.2) is 5.82 Å². The largest absolute Gasteiger partial charge is 0.392 e. The molecule has 1 aromatic carbocycles. The number of carbonyl (C=O) groups is 1. The van der Waals surface area contributed by atoms with Crippen molar-refractivity contribution in [2.45, 2.75) is 26.5 Å². The lowest BCUT2D eigenvalue weighted by Gasteiger charge is -2.12. The van der Waals surface area contributed by atoms with Gasteiger partial charge in [-0.25, -0.2) is 9.97 Å². The molecule has 0 fully saturated rings. The van der Waals surface area contributed by atoms with Gasteiger partial charge in [-0.15, -0.1) is 0 Å². The lowest BCUT2D eigenvalue weighted by molar-refractivity contribution is 0.0962. The van der Waals surface area contributed by atoms with Crippen molar-refractivity contribution in [2.75, 3.05) is 7.05 Å². The van der Waals surface area contributed by atoms with Crippen molar-refractivity contribution in [3.8, 4) is 11.5 Å². The highest BCUT2D eigenvalue weighted by Gasteiger charge is 2.18. The lowest BCUT2D eigenvalue weighted by atomic mass is 10.1. The number of pyridine rings is 1. The Morgan fingerprint density at radius 2 is 2.12 bits per heavy atom. The molecule has 6 nitrogen and oxygen atoms in total. The number of rotatable bonds is 4. The number of hydrogen-bond donors (Lipinski definition) is 2. The number of halogens is 1. The molecule has 2 aromatic heterocycles. The molecule has 7 heteroatoms. The summed E-state index contributed by atoms with van der Waals surface area (Å²) in [4.78, 5) is 21.2. The topological polar surface area (TPSA) is 80.0 Å². The van der Waals surface area contributed by atoms with Crippen LogP contribution in [0.25, 0.3) is 22.6 Å². The molecule has 1 amide bonds. The maximum absolute atomic E-state index is 12.1.